The number of primary amides is 1. The minimum Gasteiger partial charge on any atom is -0.351 e. The molecule has 2 N–H and O–H groups in total. The van der Waals surface area contributed by atoms with Gasteiger partial charge in [0.15, 0.2) is 0 Å². The van der Waals surface area contributed by atoms with Gasteiger partial charge < -0.3 is 5.73 Å². The van der Waals surface area contributed by atoms with E-state index in [4.69, 9.17) is 28.9 Å². The molecule has 0 aliphatic heterocycles. The summed E-state index contributed by atoms with van der Waals surface area (Å²) in [6.45, 7) is 0. The molecule has 0 saturated heterocycles. The zero-order chi connectivity index (χ0) is 10.0. The van der Waals surface area contributed by atoms with E-state index in [0.717, 1.165) is 4.90 Å². The molecule has 13 heavy (non-hydrogen) atoms. The number of benzene rings is 1. The lowest BCUT2D eigenvalue weighted by Crippen LogP contribution is -2.30. The molecule has 1 radical (unpaired) electrons. The number of carbonyl (C=O) groups excluding carboxylic acids is 1. The van der Waals surface area contributed by atoms with E-state index in [1.54, 1.807) is 18.2 Å². The van der Waals surface area contributed by atoms with Gasteiger partial charge in [-0.25, -0.2) is 4.79 Å². The lowest BCUT2D eigenvalue weighted by molar-refractivity contribution is 0.255. The Kier molecular flexibility index (Phi) is 3.01. The highest BCUT2D eigenvalue weighted by atomic mass is 35.5. The van der Waals surface area contributed by atoms with Gasteiger partial charge in [-0.3, -0.25) is 4.90 Å². The van der Waals surface area contributed by atoms with Gasteiger partial charge in [-0.15, -0.1) is 0 Å². The predicted octanol–water partition coefficient (Wildman–Crippen LogP) is 2.67. The molecule has 5 heteroatoms. The summed E-state index contributed by atoms with van der Waals surface area (Å²) in [6, 6.07) is 4.18. The molecule has 2 amide bonds. The largest absolute Gasteiger partial charge is 0.351 e. The zero-order valence-electron chi connectivity index (χ0n) is 6.63. The smallest absolute Gasteiger partial charge is 0.319 e. The van der Waals surface area contributed by atoms with E-state index >= 15 is 0 Å². The van der Waals surface area contributed by atoms with Crippen LogP contribution < -0.4 is 10.6 Å². The Labute approximate surface area is 86.0 Å². The van der Waals surface area contributed by atoms with Gasteiger partial charge in [-0.05, 0) is 12.1 Å². The van der Waals surface area contributed by atoms with Gasteiger partial charge in [-0.1, -0.05) is 29.3 Å². The van der Waals surface area contributed by atoms with Crippen molar-refractivity contribution >= 4 is 34.9 Å². The third-order valence-electron chi connectivity index (χ3n) is 1.49. The molecular formula is C8H7Cl2N2O. The number of nitrogens with zero attached hydrogens (tertiary/aromatic N) is 1. The van der Waals surface area contributed by atoms with Crippen LogP contribution in [0.4, 0.5) is 10.5 Å². The first-order valence-corrected chi connectivity index (χ1v) is 4.13. The number of hydrogen-bond acceptors (Lipinski definition) is 1. The molecule has 1 rings (SSSR count). The molecule has 0 atom stereocenters. The highest BCUT2D eigenvalue weighted by Crippen LogP contribution is 2.31. The van der Waals surface area contributed by atoms with Crippen molar-refractivity contribution in [3.05, 3.63) is 35.3 Å². The Balaban J connectivity index is 3.15. The molecule has 0 aromatic heterocycles. The van der Waals surface area contributed by atoms with Crippen LogP contribution in [-0.2, 0) is 0 Å². The van der Waals surface area contributed by atoms with E-state index in [1.807, 2.05) is 0 Å². The number of anilines is 1. The Morgan fingerprint density at radius 3 is 2.62 bits per heavy atom. The van der Waals surface area contributed by atoms with E-state index in [-0.39, 0.29) is 5.02 Å². The highest BCUT2D eigenvalue weighted by Gasteiger charge is 2.12. The van der Waals surface area contributed by atoms with E-state index in [9.17, 15) is 4.79 Å². The van der Waals surface area contributed by atoms with Gasteiger partial charge in [0.1, 0.15) is 0 Å². The fourth-order valence-electron chi connectivity index (χ4n) is 0.820. The summed E-state index contributed by atoms with van der Waals surface area (Å²) < 4.78 is 0. The first kappa shape index (κ1) is 10.2. The van der Waals surface area contributed by atoms with Crippen LogP contribution in [-0.4, -0.2) is 6.03 Å². The second-order valence-corrected chi connectivity index (χ2v) is 3.12. The van der Waals surface area contributed by atoms with Gasteiger partial charge in [0.05, 0.1) is 15.7 Å². The fraction of sp³-hybridized carbons (Fsp3) is 0. The van der Waals surface area contributed by atoms with Crippen molar-refractivity contribution < 1.29 is 4.79 Å². The van der Waals surface area contributed by atoms with Crippen molar-refractivity contribution in [2.24, 2.45) is 5.73 Å². The van der Waals surface area contributed by atoms with E-state index in [1.165, 1.54) is 0 Å². The maximum absolute atomic E-state index is 10.7. The van der Waals surface area contributed by atoms with Crippen molar-refractivity contribution in [3.8, 4) is 0 Å². The molecule has 0 aliphatic rings. The Hall–Kier alpha value is -0.930. The predicted molar refractivity (Wildman–Crippen MR) is 53.9 cm³/mol. The molecule has 0 unspecified atom stereocenters. The molecule has 0 heterocycles. The Morgan fingerprint density at radius 1 is 1.46 bits per heavy atom. The van der Waals surface area contributed by atoms with Gasteiger partial charge in [0, 0.05) is 7.05 Å². The third kappa shape index (κ3) is 2.05. The molecule has 0 bridgehead atoms. The van der Waals surface area contributed by atoms with Crippen LogP contribution >= 0.6 is 23.2 Å². The van der Waals surface area contributed by atoms with Crippen LogP contribution in [0.25, 0.3) is 0 Å². The van der Waals surface area contributed by atoms with E-state index in [2.05, 4.69) is 7.05 Å². The van der Waals surface area contributed by atoms with Gasteiger partial charge in [0.2, 0.25) is 0 Å². The minimum atomic E-state index is -0.691. The lowest BCUT2D eigenvalue weighted by atomic mass is 10.3. The molecule has 1 aromatic carbocycles. The van der Waals surface area contributed by atoms with Gasteiger partial charge in [0.25, 0.3) is 0 Å². The SMILES string of the molecule is [CH2]N(C(N)=O)c1cccc(Cl)c1Cl. The van der Waals surface area contributed by atoms with Gasteiger partial charge >= 0.3 is 6.03 Å². The Morgan fingerprint density at radius 2 is 2.08 bits per heavy atom. The summed E-state index contributed by atoms with van der Waals surface area (Å²) in [5, 5.41) is 0.618. The van der Waals surface area contributed by atoms with Crippen LogP contribution in [0.15, 0.2) is 18.2 Å². The number of hydrogen-bond donors (Lipinski definition) is 1. The number of amides is 2. The number of carbonyl (C=O) groups is 1. The molecule has 0 saturated carbocycles. The molecule has 1 aromatic rings. The number of rotatable bonds is 1. The number of urea groups is 1. The minimum absolute atomic E-state index is 0.262. The molecule has 0 fully saturated rings. The first-order chi connectivity index (χ1) is 6.04. The fourth-order valence-corrected chi connectivity index (χ4v) is 1.22. The third-order valence-corrected chi connectivity index (χ3v) is 2.30. The molecule has 69 valence electrons. The monoisotopic (exact) mass is 217 g/mol. The first-order valence-electron chi connectivity index (χ1n) is 3.38. The van der Waals surface area contributed by atoms with Crippen molar-refractivity contribution in [2.45, 2.75) is 0 Å². The maximum atomic E-state index is 10.7. The van der Waals surface area contributed by atoms with Crippen LogP contribution in [0.2, 0.25) is 10.0 Å². The zero-order valence-corrected chi connectivity index (χ0v) is 8.14. The summed E-state index contributed by atoms with van der Waals surface area (Å²) >= 11 is 11.5. The van der Waals surface area contributed by atoms with Crippen molar-refractivity contribution in [1.82, 2.24) is 0 Å². The van der Waals surface area contributed by atoms with Crippen molar-refractivity contribution in [2.75, 3.05) is 4.90 Å². The normalized spacial score (nSPS) is 9.77. The van der Waals surface area contributed by atoms with Crippen LogP contribution in [0, 0.1) is 7.05 Å². The summed E-state index contributed by atoms with van der Waals surface area (Å²) in [4.78, 5) is 11.7. The van der Waals surface area contributed by atoms with Gasteiger partial charge in [-0.2, -0.15) is 0 Å². The summed E-state index contributed by atoms with van der Waals surface area (Å²) in [5.41, 5.74) is 5.40. The summed E-state index contributed by atoms with van der Waals surface area (Å²) in [5.74, 6) is 0. The average molecular weight is 218 g/mol. The van der Waals surface area contributed by atoms with Crippen LogP contribution in [0.3, 0.4) is 0 Å². The average Bonchev–Trinajstić information content (AvgIpc) is 2.08. The molecule has 0 spiro atoms. The second-order valence-electron chi connectivity index (χ2n) is 2.34. The summed E-state index contributed by atoms with van der Waals surface area (Å²) in [7, 11) is 3.43. The summed E-state index contributed by atoms with van der Waals surface area (Å²) in [6.07, 6.45) is 0. The van der Waals surface area contributed by atoms with E-state index < -0.39 is 6.03 Å². The lowest BCUT2D eigenvalue weighted by Gasteiger charge is -2.15. The number of nitrogens with two attached hydrogens (primary N) is 1. The van der Waals surface area contributed by atoms with Crippen LogP contribution in [0.1, 0.15) is 0 Å². The maximum Gasteiger partial charge on any atom is 0.319 e. The number of halogens is 2. The van der Waals surface area contributed by atoms with Crippen molar-refractivity contribution in [1.29, 1.82) is 0 Å². The quantitative estimate of drug-likeness (QED) is 0.773. The highest BCUT2D eigenvalue weighted by molar-refractivity contribution is 6.44. The second kappa shape index (κ2) is 3.85. The topological polar surface area (TPSA) is 46.3 Å². The van der Waals surface area contributed by atoms with E-state index in [0.29, 0.717) is 10.7 Å². The Bertz CT molecular complexity index is 341. The molecular weight excluding hydrogens is 211 g/mol. The van der Waals surface area contributed by atoms with Crippen LogP contribution in [0.5, 0.6) is 0 Å². The standard InChI is InChI=1S/C8H7Cl2N2O/c1-12(8(11)13)6-4-2-3-5(9)7(6)10/h2-4H,1H2,(H2,11,13). The molecule has 0 aliphatic carbocycles. The van der Waals surface area contributed by atoms with Crippen molar-refractivity contribution in [3.63, 3.8) is 0 Å². The molecule has 3 nitrogen and oxygen atoms in total.